The number of rotatable bonds is 4. The van der Waals surface area contributed by atoms with Gasteiger partial charge in [-0.25, -0.2) is 0 Å². The Bertz CT molecular complexity index is 623. The Kier molecular flexibility index (Phi) is 4.57. The lowest BCUT2D eigenvalue weighted by Crippen LogP contribution is -2.42. The van der Waals surface area contributed by atoms with Crippen LogP contribution >= 0.6 is 11.3 Å². The van der Waals surface area contributed by atoms with Gasteiger partial charge in [0.1, 0.15) is 0 Å². The molecule has 2 aromatic rings. The Hall–Kier alpha value is -1.69. The molecule has 0 aliphatic carbocycles. The second kappa shape index (κ2) is 6.60. The van der Waals surface area contributed by atoms with Gasteiger partial charge in [-0.05, 0) is 30.7 Å². The Labute approximate surface area is 134 Å². The number of aryl methyl sites for hydroxylation is 1. The van der Waals surface area contributed by atoms with Gasteiger partial charge in [0.05, 0.1) is 0 Å². The van der Waals surface area contributed by atoms with E-state index in [1.165, 1.54) is 4.88 Å². The summed E-state index contributed by atoms with van der Waals surface area (Å²) in [5.74, 6) is 1.78. The molecule has 118 valence electrons. The summed E-state index contributed by atoms with van der Waals surface area (Å²) in [5, 5.41) is 6.07. The van der Waals surface area contributed by atoms with Crippen molar-refractivity contribution in [3.8, 4) is 0 Å². The number of hydrogen-bond donors (Lipinski definition) is 0. The monoisotopic (exact) mass is 319 g/mol. The maximum absolute atomic E-state index is 12.7. The van der Waals surface area contributed by atoms with Crippen molar-refractivity contribution in [1.29, 1.82) is 0 Å². The average Bonchev–Trinajstić information content (AvgIpc) is 3.18. The molecule has 1 amide bonds. The molecule has 1 fully saturated rings. The zero-order valence-corrected chi connectivity index (χ0v) is 13.8. The molecule has 0 unspecified atom stereocenters. The van der Waals surface area contributed by atoms with E-state index in [4.69, 9.17) is 4.52 Å². The number of likely N-dealkylation sites (tertiary alicyclic amines) is 1. The third-order valence-electron chi connectivity index (χ3n) is 4.15. The van der Waals surface area contributed by atoms with Crippen LogP contribution in [0.5, 0.6) is 0 Å². The molecule has 2 atom stereocenters. The zero-order valence-electron chi connectivity index (χ0n) is 13.0. The molecule has 5 nitrogen and oxygen atoms in total. The second-order valence-corrected chi connectivity index (χ2v) is 7.01. The fourth-order valence-corrected chi connectivity index (χ4v) is 3.83. The first kappa shape index (κ1) is 15.2. The number of nitrogens with zero attached hydrogens (tertiary/aromatic N) is 3. The van der Waals surface area contributed by atoms with Crippen molar-refractivity contribution in [2.75, 3.05) is 13.1 Å². The van der Waals surface area contributed by atoms with Crippen LogP contribution in [0, 0.1) is 12.8 Å². The highest BCUT2D eigenvalue weighted by molar-refractivity contribution is 7.09. The van der Waals surface area contributed by atoms with Gasteiger partial charge < -0.3 is 9.42 Å². The van der Waals surface area contributed by atoms with Crippen LogP contribution in [0.15, 0.2) is 22.0 Å². The molecule has 0 radical (unpaired) electrons. The standard InChI is InChI=1S/C16H21N3O2S/c1-11(9-14-6-4-8-22-14)16(20)19-7-3-5-13(10-19)15-17-12(2)21-18-15/h4,6,8,11,13H,3,5,7,9-10H2,1-2H3/t11-,13+/m1/s1. The highest BCUT2D eigenvalue weighted by Crippen LogP contribution is 2.26. The van der Waals surface area contributed by atoms with Gasteiger partial charge in [0.15, 0.2) is 5.82 Å². The van der Waals surface area contributed by atoms with Crippen LogP contribution in [0.1, 0.15) is 42.3 Å². The molecule has 0 bridgehead atoms. The minimum atomic E-state index is 0.0180. The van der Waals surface area contributed by atoms with E-state index in [2.05, 4.69) is 21.6 Å². The summed E-state index contributed by atoms with van der Waals surface area (Å²) in [5.41, 5.74) is 0. The van der Waals surface area contributed by atoms with Crippen LogP contribution in [0.3, 0.4) is 0 Å². The van der Waals surface area contributed by atoms with E-state index in [9.17, 15) is 4.79 Å². The summed E-state index contributed by atoms with van der Waals surface area (Å²) >= 11 is 1.71. The topological polar surface area (TPSA) is 59.2 Å². The van der Waals surface area contributed by atoms with E-state index in [1.807, 2.05) is 17.9 Å². The minimum absolute atomic E-state index is 0.0180. The highest BCUT2D eigenvalue weighted by Gasteiger charge is 2.29. The van der Waals surface area contributed by atoms with Crippen molar-refractivity contribution in [2.24, 2.45) is 5.92 Å². The maximum Gasteiger partial charge on any atom is 0.225 e. The quantitative estimate of drug-likeness (QED) is 0.869. The molecule has 1 aliphatic rings. The molecule has 0 saturated carbocycles. The molecular formula is C16H21N3O2S. The van der Waals surface area contributed by atoms with Crippen molar-refractivity contribution in [1.82, 2.24) is 15.0 Å². The van der Waals surface area contributed by atoms with Gasteiger partial charge >= 0.3 is 0 Å². The molecule has 22 heavy (non-hydrogen) atoms. The van der Waals surface area contributed by atoms with Gasteiger partial charge in [-0.15, -0.1) is 11.3 Å². The molecule has 0 aromatic carbocycles. The second-order valence-electron chi connectivity index (χ2n) is 5.98. The third-order valence-corrected chi connectivity index (χ3v) is 5.05. The lowest BCUT2D eigenvalue weighted by atomic mass is 9.95. The summed E-state index contributed by atoms with van der Waals surface area (Å²) in [7, 11) is 0. The van der Waals surface area contributed by atoms with E-state index in [-0.39, 0.29) is 17.7 Å². The molecule has 1 saturated heterocycles. The largest absolute Gasteiger partial charge is 0.342 e. The molecule has 0 N–H and O–H groups in total. The molecule has 3 rings (SSSR count). The van der Waals surface area contributed by atoms with Crippen molar-refractivity contribution >= 4 is 17.2 Å². The lowest BCUT2D eigenvalue weighted by molar-refractivity contribution is -0.136. The Morgan fingerprint density at radius 3 is 3.14 bits per heavy atom. The predicted octanol–water partition coefficient (Wildman–Crippen LogP) is 3.02. The molecule has 2 aromatic heterocycles. The first-order chi connectivity index (χ1) is 10.6. The van der Waals surface area contributed by atoms with E-state index < -0.39 is 0 Å². The van der Waals surface area contributed by atoms with Crippen LogP contribution in [0.4, 0.5) is 0 Å². The number of carbonyl (C=O) groups excluding carboxylic acids is 1. The minimum Gasteiger partial charge on any atom is -0.342 e. The number of carbonyl (C=O) groups is 1. The van der Waals surface area contributed by atoms with E-state index in [0.29, 0.717) is 12.4 Å². The van der Waals surface area contributed by atoms with Crippen molar-refractivity contribution in [2.45, 2.75) is 39.0 Å². The van der Waals surface area contributed by atoms with Crippen molar-refractivity contribution in [3.63, 3.8) is 0 Å². The van der Waals surface area contributed by atoms with E-state index >= 15 is 0 Å². The molecule has 0 spiro atoms. The summed E-state index contributed by atoms with van der Waals surface area (Å²) < 4.78 is 5.07. The summed E-state index contributed by atoms with van der Waals surface area (Å²) in [6.07, 6.45) is 2.83. The number of piperidine rings is 1. The molecule has 6 heteroatoms. The van der Waals surface area contributed by atoms with Gasteiger partial charge in [-0.3, -0.25) is 4.79 Å². The number of hydrogen-bond acceptors (Lipinski definition) is 5. The summed E-state index contributed by atoms with van der Waals surface area (Å²) in [6, 6.07) is 4.13. The lowest BCUT2D eigenvalue weighted by Gasteiger charge is -2.33. The van der Waals surface area contributed by atoms with E-state index in [1.54, 1.807) is 18.3 Å². The SMILES string of the molecule is Cc1nc([C@H]2CCCN(C(=O)[C@H](C)Cc3cccs3)C2)no1. The summed E-state index contributed by atoms with van der Waals surface area (Å²) in [4.78, 5) is 20.2. The Morgan fingerprint density at radius 2 is 2.45 bits per heavy atom. The van der Waals surface area contributed by atoms with Crippen molar-refractivity contribution < 1.29 is 9.32 Å². The Morgan fingerprint density at radius 1 is 1.59 bits per heavy atom. The van der Waals surface area contributed by atoms with Gasteiger partial charge in [-0.2, -0.15) is 4.98 Å². The first-order valence-corrected chi connectivity index (χ1v) is 8.63. The van der Waals surface area contributed by atoms with E-state index in [0.717, 1.165) is 31.6 Å². The fourth-order valence-electron chi connectivity index (χ4n) is 3.00. The molecule has 3 heterocycles. The van der Waals surface area contributed by atoms with Gasteiger partial charge in [0.2, 0.25) is 11.8 Å². The maximum atomic E-state index is 12.7. The van der Waals surface area contributed by atoms with Crippen LogP contribution in [0.25, 0.3) is 0 Å². The van der Waals surface area contributed by atoms with Crippen molar-refractivity contribution in [3.05, 3.63) is 34.1 Å². The summed E-state index contributed by atoms with van der Waals surface area (Å²) in [6.45, 7) is 5.35. The normalized spacial score (nSPS) is 20.1. The predicted molar refractivity (Wildman–Crippen MR) is 84.8 cm³/mol. The average molecular weight is 319 g/mol. The smallest absolute Gasteiger partial charge is 0.225 e. The number of amides is 1. The Balaban J connectivity index is 1.62. The highest BCUT2D eigenvalue weighted by atomic mass is 32.1. The van der Waals surface area contributed by atoms with Crippen LogP contribution < -0.4 is 0 Å². The number of aromatic nitrogens is 2. The van der Waals surface area contributed by atoms with Crippen LogP contribution in [-0.4, -0.2) is 34.0 Å². The third kappa shape index (κ3) is 3.38. The van der Waals surface area contributed by atoms with Gasteiger partial charge in [0, 0.05) is 36.7 Å². The first-order valence-electron chi connectivity index (χ1n) is 7.75. The van der Waals surface area contributed by atoms with Gasteiger partial charge in [-0.1, -0.05) is 18.1 Å². The fraction of sp³-hybridized carbons (Fsp3) is 0.562. The van der Waals surface area contributed by atoms with Crippen LogP contribution in [0.2, 0.25) is 0 Å². The van der Waals surface area contributed by atoms with Crippen LogP contribution in [-0.2, 0) is 11.2 Å². The molecular weight excluding hydrogens is 298 g/mol. The van der Waals surface area contributed by atoms with Gasteiger partial charge in [0.25, 0.3) is 0 Å². The molecule has 1 aliphatic heterocycles. The zero-order chi connectivity index (χ0) is 15.5. The number of thiophene rings is 1.